The first-order valence-corrected chi connectivity index (χ1v) is 21.1. The standard InChI is InChI=1S/C44H59NO6Si/c1-9-31(2)32(3)50-43(47)37-27-19-20-28-45(37)42(46)40(33-21-13-10-14-22-33)34-29-38(48-7)41(49-8)39(30-34)51-52(44(4,5)6,35-23-15-11-16-24-35)36-25-17-12-18-26-36/h9,11-12,15-18,23-26,29-33,37,40H,1,10,13-14,19-22,27-28H2,2-8H3/t31-,32+,37-,40-/m0/s1. The average molecular weight is 726 g/mol. The molecule has 1 amide bonds. The van der Waals surface area contributed by atoms with E-state index < -0.39 is 20.3 Å². The molecule has 0 N–H and O–H groups in total. The molecule has 0 radical (unpaired) electrons. The Kier molecular flexibility index (Phi) is 12.9. The van der Waals surface area contributed by atoms with Gasteiger partial charge in [-0.05, 0) is 78.1 Å². The van der Waals surface area contributed by atoms with Gasteiger partial charge < -0.3 is 23.5 Å². The molecule has 3 aromatic carbocycles. The summed E-state index contributed by atoms with van der Waals surface area (Å²) < 4.78 is 25.6. The third kappa shape index (κ3) is 8.12. The number of ether oxygens (including phenoxy) is 3. The second kappa shape index (κ2) is 17.2. The minimum absolute atomic E-state index is 0.00686. The van der Waals surface area contributed by atoms with Crippen LogP contribution in [-0.4, -0.2) is 58.0 Å². The molecule has 0 unspecified atom stereocenters. The molecule has 1 heterocycles. The lowest BCUT2D eigenvalue weighted by atomic mass is 9.75. The number of amides is 1. The minimum Gasteiger partial charge on any atom is -0.531 e. The molecule has 3 aromatic rings. The largest absolute Gasteiger partial charge is 0.531 e. The van der Waals surface area contributed by atoms with Crippen LogP contribution >= 0.6 is 0 Å². The van der Waals surface area contributed by atoms with Crippen molar-refractivity contribution in [2.24, 2.45) is 11.8 Å². The molecular formula is C44H59NO6Si. The van der Waals surface area contributed by atoms with E-state index in [2.05, 4.69) is 75.9 Å². The molecule has 4 atom stereocenters. The lowest BCUT2D eigenvalue weighted by molar-refractivity contribution is -0.163. The van der Waals surface area contributed by atoms with Crippen molar-refractivity contribution >= 4 is 30.6 Å². The molecular weight excluding hydrogens is 667 g/mol. The van der Waals surface area contributed by atoms with Crippen LogP contribution in [0, 0.1) is 11.8 Å². The van der Waals surface area contributed by atoms with Gasteiger partial charge in [0.05, 0.1) is 20.1 Å². The Labute approximate surface area is 312 Å². The molecule has 0 spiro atoms. The molecule has 1 aliphatic heterocycles. The maximum atomic E-state index is 15.1. The highest BCUT2D eigenvalue weighted by Crippen LogP contribution is 2.48. The summed E-state index contributed by atoms with van der Waals surface area (Å²) in [7, 11) is 0.186. The van der Waals surface area contributed by atoms with Gasteiger partial charge in [-0.3, -0.25) is 4.79 Å². The van der Waals surface area contributed by atoms with Crippen molar-refractivity contribution in [3.63, 3.8) is 0 Å². The molecule has 2 fully saturated rings. The Bertz CT molecular complexity index is 1610. The zero-order chi connectivity index (χ0) is 37.5. The quantitative estimate of drug-likeness (QED) is 0.100. The van der Waals surface area contributed by atoms with Crippen LogP contribution < -0.4 is 24.3 Å². The van der Waals surface area contributed by atoms with Gasteiger partial charge in [-0.15, -0.1) is 6.58 Å². The van der Waals surface area contributed by atoms with Crippen LogP contribution in [0.5, 0.6) is 17.2 Å². The van der Waals surface area contributed by atoms with Gasteiger partial charge in [0, 0.05) is 12.5 Å². The molecule has 1 saturated carbocycles. The van der Waals surface area contributed by atoms with Gasteiger partial charge in [0.2, 0.25) is 11.7 Å². The molecule has 8 heteroatoms. The highest BCUT2D eigenvalue weighted by Gasteiger charge is 2.53. The van der Waals surface area contributed by atoms with Gasteiger partial charge in [0.25, 0.3) is 0 Å². The van der Waals surface area contributed by atoms with E-state index in [4.69, 9.17) is 18.6 Å². The molecule has 52 heavy (non-hydrogen) atoms. The van der Waals surface area contributed by atoms with Crippen molar-refractivity contribution in [1.82, 2.24) is 4.90 Å². The molecule has 1 saturated heterocycles. The van der Waals surface area contributed by atoms with Crippen molar-refractivity contribution in [2.45, 2.75) is 109 Å². The number of rotatable bonds is 13. The summed E-state index contributed by atoms with van der Waals surface area (Å²) in [4.78, 5) is 30.7. The third-order valence-electron chi connectivity index (χ3n) is 11.4. The molecule has 2 aliphatic rings. The van der Waals surface area contributed by atoms with E-state index >= 15 is 4.79 Å². The zero-order valence-corrected chi connectivity index (χ0v) is 33.4. The molecule has 280 valence electrons. The zero-order valence-electron chi connectivity index (χ0n) is 32.4. The summed E-state index contributed by atoms with van der Waals surface area (Å²) in [6, 6.07) is 24.4. The van der Waals surface area contributed by atoms with Crippen LogP contribution in [0.15, 0.2) is 85.5 Å². The van der Waals surface area contributed by atoms with Crippen LogP contribution in [0.3, 0.4) is 0 Å². The average Bonchev–Trinajstić information content (AvgIpc) is 3.16. The number of hydrogen-bond acceptors (Lipinski definition) is 6. The van der Waals surface area contributed by atoms with Crippen molar-refractivity contribution < 1.29 is 28.2 Å². The van der Waals surface area contributed by atoms with E-state index in [0.29, 0.717) is 30.2 Å². The number of hydrogen-bond donors (Lipinski definition) is 0. The fraction of sp³-hybridized carbons (Fsp3) is 0.500. The third-order valence-corrected chi connectivity index (χ3v) is 16.3. The van der Waals surface area contributed by atoms with Crippen LogP contribution in [0.1, 0.15) is 97.5 Å². The van der Waals surface area contributed by atoms with Gasteiger partial charge >= 0.3 is 14.3 Å². The van der Waals surface area contributed by atoms with E-state index in [9.17, 15) is 4.79 Å². The predicted molar refractivity (Wildman–Crippen MR) is 211 cm³/mol. The fourth-order valence-electron chi connectivity index (χ4n) is 8.28. The van der Waals surface area contributed by atoms with E-state index in [1.807, 2.05) is 43.0 Å². The Hall–Kier alpha value is -4.04. The Balaban J connectivity index is 1.65. The number of nitrogens with zero attached hydrogens (tertiary/aromatic N) is 1. The number of carbonyl (C=O) groups is 2. The molecule has 7 nitrogen and oxygen atoms in total. The van der Waals surface area contributed by atoms with Crippen molar-refractivity contribution in [1.29, 1.82) is 0 Å². The fourth-order valence-corrected chi connectivity index (χ4v) is 12.7. The van der Waals surface area contributed by atoms with Gasteiger partial charge in [-0.2, -0.15) is 0 Å². The second-order valence-corrected chi connectivity index (χ2v) is 19.9. The summed E-state index contributed by atoms with van der Waals surface area (Å²) in [6.45, 7) is 15.0. The van der Waals surface area contributed by atoms with Crippen molar-refractivity contribution in [2.75, 3.05) is 20.8 Å². The maximum absolute atomic E-state index is 15.1. The van der Waals surface area contributed by atoms with Gasteiger partial charge in [-0.25, -0.2) is 4.79 Å². The SMILES string of the molecule is C=C[C@H](C)[C@@H](C)OC(=O)[C@@H]1CCCCN1C(=O)[C@H](c1cc(OC)c(OC)c(O[Si](c2ccccc2)(c2ccccc2)C(C)(C)C)c1)C1CCCCC1. The number of benzene rings is 3. The monoisotopic (exact) mass is 725 g/mol. The Morgan fingerprint density at radius 2 is 1.40 bits per heavy atom. The van der Waals surface area contributed by atoms with Gasteiger partial charge in [0.1, 0.15) is 12.1 Å². The van der Waals surface area contributed by atoms with Gasteiger partial charge in [-0.1, -0.05) is 114 Å². The Morgan fingerprint density at radius 3 is 1.94 bits per heavy atom. The number of methoxy groups -OCH3 is 2. The van der Waals surface area contributed by atoms with Crippen LogP contribution in [-0.2, 0) is 14.3 Å². The van der Waals surface area contributed by atoms with E-state index in [0.717, 1.165) is 60.9 Å². The lowest BCUT2D eigenvalue weighted by Gasteiger charge is -2.43. The first-order chi connectivity index (χ1) is 25.0. The second-order valence-electron chi connectivity index (χ2n) is 15.7. The van der Waals surface area contributed by atoms with Gasteiger partial charge in [0.15, 0.2) is 11.5 Å². The topological polar surface area (TPSA) is 74.3 Å². The molecule has 1 aliphatic carbocycles. The normalized spacial score (nSPS) is 18.8. The summed E-state index contributed by atoms with van der Waals surface area (Å²) in [5.41, 5.74) is 0.828. The summed E-state index contributed by atoms with van der Waals surface area (Å²) in [5, 5.41) is 1.97. The highest BCUT2D eigenvalue weighted by molar-refractivity contribution is 7.00. The Morgan fingerprint density at radius 1 is 0.827 bits per heavy atom. The summed E-state index contributed by atoms with van der Waals surface area (Å²) in [5.74, 6) is 0.843. The minimum atomic E-state index is -3.08. The number of carbonyl (C=O) groups excluding carboxylic acids is 2. The van der Waals surface area contributed by atoms with Crippen LogP contribution in [0.4, 0.5) is 0 Å². The smallest absolute Gasteiger partial charge is 0.329 e. The number of esters is 1. The lowest BCUT2D eigenvalue weighted by Crippen LogP contribution is -2.68. The maximum Gasteiger partial charge on any atom is 0.329 e. The predicted octanol–water partition coefficient (Wildman–Crippen LogP) is 8.44. The summed E-state index contributed by atoms with van der Waals surface area (Å²) >= 11 is 0. The molecule has 0 aromatic heterocycles. The van der Waals surface area contributed by atoms with Crippen molar-refractivity contribution in [3.8, 4) is 17.2 Å². The number of piperidine rings is 1. The molecule has 5 rings (SSSR count). The van der Waals surface area contributed by atoms with E-state index in [-0.39, 0.29) is 34.9 Å². The summed E-state index contributed by atoms with van der Waals surface area (Å²) in [6.07, 6.45) is 8.93. The van der Waals surface area contributed by atoms with Crippen molar-refractivity contribution in [3.05, 3.63) is 91.0 Å². The van der Waals surface area contributed by atoms with E-state index in [1.54, 1.807) is 20.3 Å². The first-order valence-electron chi connectivity index (χ1n) is 19.2. The molecule has 0 bridgehead atoms. The van der Waals surface area contributed by atoms with E-state index in [1.165, 1.54) is 0 Å². The highest BCUT2D eigenvalue weighted by atomic mass is 28.4. The van der Waals surface area contributed by atoms with Crippen LogP contribution in [0.25, 0.3) is 0 Å². The number of likely N-dealkylation sites (tertiary alicyclic amines) is 1. The van der Waals surface area contributed by atoms with Crippen LogP contribution in [0.2, 0.25) is 5.04 Å². The first kappa shape index (κ1) is 39.2.